The van der Waals surface area contributed by atoms with Gasteiger partial charge in [-0.2, -0.15) is 5.10 Å². The monoisotopic (exact) mass is 486 g/mol. The maximum Gasteiger partial charge on any atom is 0.276 e. The number of para-hydroxylation sites is 1. The first-order valence-corrected chi connectivity index (χ1v) is 13.0. The van der Waals surface area contributed by atoms with Crippen molar-refractivity contribution < 1.29 is 4.79 Å². The number of piperidine rings is 1. The minimum atomic E-state index is -0.194. The maximum atomic E-state index is 13.3. The third-order valence-corrected chi connectivity index (χ3v) is 7.11. The van der Waals surface area contributed by atoms with E-state index in [1.54, 1.807) is 0 Å². The van der Waals surface area contributed by atoms with Crippen LogP contribution < -0.4 is 10.2 Å². The first kappa shape index (κ1) is 23.0. The Morgan fingerprint density at radius 3 is 2.16 bits per heavy atom. The van der Waals surface area contributed by atoms with Crippen LogP contribution in [0.5, 0.6) is 0 Å². The van der Waals surface area contributed by atoms with Crippen LogP contribution in [0.3, 0.4) is 0 Å². The summed E-state index contributed by atoms with van der Waals surface area (Å²) < 4.78 is 1.92. The molecule has 0 spiro atoms. The first-order valence-electron chi connectivity index (χ1n) is 13.0. The molecule has 0 atom stereocenters. The van der Waals surface area contributed by atoms with Crippen LogP contribution in [0.25, 0.3) is 22.0 Å². The van der Waals surface area contributed by atoms with E-state index in [0.29, 0.717) is 12.2 Å². The Kier molecular flexibility index (Phi) is 6.42. The van der Waals surface area contributed by atoms with Crippen molar-refractivity contribution in [3.05, 3.63) is 114 Å². The van der Waals surface area contributed by atoms with Crippen molar-refractivity contribution in [2.45, 2.75) is 25.8 Å². The lowest BCUT2D eigenvalue weighted by Gasteiger charge is -2.28. The van der Waals surface area contributed by atoms with Gasteiger partial charge >= 0.3 is 0 Å². The first-order chi connectivity index (χ1) is 18.2. The van der Waals surface area contributed by atoms with E-state index in [0.717, 1.165) is 35.2 Å². The van der Waals surface area contributed by atoms with E-state index in [1.165, 1.54) is 36.1 Å². The standard InChI is InChI=1S/C32H30N4O/c37-32(33-27-17-19-28(20-18-27)35-21-7-2-8-22-35)31-29-11-5-6-12-30(29)36(34-31)23-24-13-15-26(16-14-24)25-9-3-1-4-10-25/h1,3-6,9-20H,2,7-8,21-23H2,(H,33,37). The van der Waals surface area contributed by atoms with Gasteiger partial charge in [-0.1, -0.05) is 72.8 Å². The molecule has 1 aliphatic rings. The molecular weight excluding hydrogens is 456 g/mol. The third-order valence-electron chi connectivity index (χ3n) is 7.11. The largest absolute Gasteiger partial charge is 0.372 e. The molecule has 0 saturated carbocycles. The van der Waals surface area contributed by atoms with Gasteiger partial charge in [-0.15, -0.1) is 0 Å². The number of nitrogens with one attached hydrogen (secondary N) is 1. The highest BCUT2D eigenvalue weighted by atomic mass is 16.2. The molecule has 1 fully saturated rings. The summed E-state index contributed by atoms with van der Waals surface area (Å²) in [5.41, 5.74) is 6.89. The van der Waals surface area contributed by atoms with Gasteiger partial charge in [0, 0.05) is 29.9 Å². The molecule has 1 aliphatic heterocycles. The molecule has 4 aromatic carbocycles. The van der Waals surface area contributed by atoms with E-state index in [4.69, 9.17) is 5.10 Å². The zero-order chi connectivity index (χ0) is 25.0. The second-order valence-corrected chi connectivity index (χ2v) is 9.64. The van der Waals surface area contributed by atoms with Gasteiger partial charge in [-0.3, -0.25) is 9.48 Å². The molecule has 6 rings (SSSR count). The van der Waals surface area contributed by atoms with Crippen LogP contribution in [0, 0.1) is 0 Å². The second-order valence-electron chi connectivity index (χ2n) is 9.64. The lowest BCUT2D eigenvalue weighted by atomic mass is 10.0. The summed E-state index contributed by atoms with van der Waals surface area (Å²) in [5, 5.41) is 8.65. The molecule has 0 aliphatic carbocycles. The summed E-state index contributed by atoms with van der Waals surface area (Å²) >= 11 is 0. The molecule has 5 heteroatoms. The molecule has 5 nitrogen and oxygen atoms in total. The fourth-order valence-electron chi connectivity index (χ4n) is 5.12. The van der Waals surface area contributed by atoms with E-state index in [-0.39, 0.29) is 5.91 Å². The van der Waals surface area contributed by atoms with Gasteiger partial charge in [0.15, 0.2) is 5.69 Å². The Labute approximate surface area is 217 Å². The van der Waals surface area contributed by atoms with Crippen molar-refractivity contribution in [2.24, 2.45) is 0 Å². The molecule has 0 radical (unpaired) electrons. The molecule has 5 aromatic rings. The minimum Gasteiger partial charge on any atom is -0.372 e. The normalized spacial score (nSPS) is 13.6. The molecule has 2 heterocycles. The number of amides is 1. The molecule has 1 N–H and O–H groups in total. The Morgan fingerprint density at radius 2 is 1.41 bits per heavy atom. The third kappa shape index (κ3) is 4.98. The van der Waals surface area contributed by atoms with Crippen molar-refractivity contribution in [1.29, 1.82) is 0 Å². The highest BCUT2D eigenvalue weighted by Crippen LogP contribution is 2.25. The number of carbonyl (C=O) groups excluding carboxylic acids is 1. The van der Waals surface area contributed by atoms with Crippen LogP contribution in [-0.4, -0.2) is 28.8 Å². The highest BCUT2D eigenvalue weighted by molar-refractivity contribution is 6.11. The van der Waals surface area contributed by atoms with E-state index in [1.807, 2.05) is 47.1 Å². The summed E-state index contributed by atoms with van der Waals surface area (Å²) in [6.45, 7) is 2.79. The number of rotatable bonds is 6. The Balaban J connectivity index is 1.21. The van der Waals surface area contributed by atoms with Crippen LogP contribution in [0.2, 0.25) is 0 Å². The topological polar surface area (TPSA) is 50.2 Å². The van der Waals surface area contributed by atoms with E-state index < -0.39 is 0 Å². The Bertz CT molecular complexity index is 1500. The number of nitrogens with zero attached hydrogens (tertiary/aromatic N) is 3. The molecule has 1 saturated heterocycles. The summed E-state index contributed by atoms with van der Waals surface area (Å²) in [5.74, 6) is -0.194. The Morgan fingerprint density at radius 1 is 0.730 bits per heavy atom. The Hall–Kier alpha value is -4.38. The summed E-state index contributed by atoms with van der Waals surface area (Å²) in [7, 11) is 0. The zero-order valence-electron chi connectivity index (χ0n) is 20.8. The quantitative estimate of drug-likeness (QED) is 0.281. The predicted octanol–water partition coefficient (Wildman–Crippen LogP) is 6.99. The van der Waals surface area contributed by atoms with Crippen LogP contribution in [0.4, 0.5) is 11.4 Å². The van der Waals surface area contributed by atoms with Crippen LogP contribution >= 0.6 is 0 Å². The van der Waals surface area contributed by atoms with Gasteiger partial charge in [0.25, 0.3) is 5.91 Å². The minimum absolute atomic E-state index is 0.194. The molecule has 0 unspecified atom stereocenters. The van der Waals surface area contributed by atoms with Crippen molar-refractivity contribution in [1.82, 2.24) is 9.78 Å². The van der Waals surface area contributed by atoms with E-state index in [9.17, 15) is 4.79 Å². The van der Waals surface area contributed by atoms with Crippen LogP contribution in [0.1, 0.15) is 35.3 Å². The number of aromatic nitrogens is 2. The van der Waals surface area contributed by atoms with Crippen LogP contribution in [-0.2, 0) is 6.54 Å². The molecule has 37 heavy (non-hydrogen) atoms. The predicted molar refractivity (Wildman–Crippen MR) is 151 cm³/mol. The van der Waals surface area contributed by atoms with Gasteiger partial charge in [-0.25, -0.2) is 0 Å². The molecule has 1 aromatic heterocycles. The van der Waals surface area contributed by atoms with Crippen molar-refractivity contribution in [3.63, 3.8) is 0 Å². The maximum absolute atomic E-state index is 13.3. The van der Waals surface area contributed by atoms with E-state index in [2.05, 4.69) is 70.9 Å². The average molecular weight is 487 g/mol. The SMILES string of the molecule is O=C(Nc1ccc(N2CCCCC2)cc1)c1nn(Cc2ccc(-c3ccccc3)cc2)c2ccccc12. The number of fused-ring (bicyclic) bond motifs is 1. The summed E-state index contributed by atoms with van der Waals surface area (Å²) in [4.78, 5) is 15.7. The van der Waals surface area contributed by atoms with Crippen LogP contribution in [0.15, 0.2) is 103 Å². The second kappa shape index (κ2) is 10.3. The lowest BCUT2D eigenvalue weighted by molar-refractivity contribution is 0.102. The van der Waals surface area contributed by atoms with Gasteiger partial charge < -0.3 is 10.2 Å². The average Bonchev–Trinajstić information content (AvgIpc) is 3.33. The molecule has 184 valence electrons. The number of hydrogen-bond donors (Lipinski definition) is 1. The lowest BCUT2D eigenvalue weighted by Crippen LogP contribution is -2.29. The van der Waals surface area contributed by atoms with Crippen molar-refractivity contribution in [3.8, 4) is 11.1 Å². The van der Waals surface area contributed by atoms with Crippen molar-refractivity contribution >= 4 is 28.2 Å². The van der Waals surface area contributed by atoms with Gasteiger partial charge in [0.2, 0.25) is 0 Å². The molecule has 1 amide bonds. The van der Waals surface area contributed by atoms with Gasteiger partial charge in [-0.05, 0) is 66.3 Å². The summed E-state index contributed by atoms with van der Waals surface area (Å²) in [6, 6.07) is 35.0. The van der Waals surface area contributed by atoms with E-state index >= 15 is 0 Å². The highest BCUT2D eigenvalue weighted by Gasteiger charge is 2.18. The summed E-state index contributed by atoms with van der Waals surface area (Å²) in [6.07, 6.45) is 3.79. The van der Waals surface area contributed by atoms with Crippen molar-refractivity contribution in [2.75, 3.05) is 23.3 Å². The number of benzene rings is 4. The fraction of sp³-hybridized carbons (Fsp3) is 0.188. The number of carbonyl (C=O) groups is 1. The molecule has 0 bridgehead atoms. The zero-order valence-corrected chi connectivity index (χ0v) is 20.8. The smallest absolute Gasteiger partial charge is 0.276 e. The fourth-order valence-corrected chi connectivity index (χ4v) is 5.12. The van der Waals surface area contributed by atoms with Gasteiger partial charge in [0.1, 0.15) is 0 Å². The van der Waals surface area contributed by atoms with Gasteiger partial charge in [0.05, 0.1) is 12.1 Å². The molecular formula is C32H30N4O. The number of anilines is 2. The number of hydrogen-bond acceptors (Lipinski definition) is 3.